The highest BCUT2D eigenvalue weighted by Crippen LogP contribution is 2.39. The smallest absolute Gasteiger partial charge is 0.159 e. The van der Waals surface area contributed by atoms with Crippen molar-refractivity contribution in [3.05, 3.63) is 199 Å². The van der Waals surface area contributed by atoms with Gasteiger partial charge >= 0.3 is 0 Å². The predicted molar refractivity (Wildman–Crippen MR) is 223 cm³/mol. The molecular weight excluding hydrogens is 661 g/mol. The quantitative estimate of drug-likeness (QED) is 0.195. The molecule has 254 valence electrons. The maximum Gasteiger partial charge on any atom is 0.159 e. The van der Waals surface area contributed by atoms with E-state index in [1.54, 1.807) is 0 Å². The second-order valence-electron chi connectivity index (χ2n) is 13.8. The molecule has 0 fully saturated rings. The van der Waals surface area contributed by atoms with Crippen LogP contribution < -0.4 is 5.32 Å². The van der Waals surface area contributed by atoms with Crippen LogP contribution in [0.4, 0.5) is 0 Å². The van der Waals surface area contributed by atoms with Crippen LogP contribution in [0.15, 0.2) is 196 Å². The number of fused-ring (bicyclic) bond motifs is 7. The zero-order valence-electron chi connectivity index (χ0n) is 29.1. The highest BCUT2D eigenvalue weighted by Gasteiger charge is 2.25. The van der Waals surface area contributed by atoms with E-state index in [0.717, 1.165) is 61.2 Å². The summed E-state index contributed by atoms with van der Waals surface area (Å²) in [6.07, 6.45) is -0.392. The van der Waals surface area contributed by atoms with Crippen molar-refractivity contribution < 1.29 is 4.42 Å². The molecule has 0 saturated heterocycles. The summed E-state index contributed by atoms with van der Waals surface area (Å²) in [4.78, 5) is 10.3. The number of nitrogens with zero attached hydrogens (tertiary/aromatic N) is 3. The Balaban J connectivity index is 1.05. The summed E-state index contributed by atoms with van der Waals surface area (Å²) in [6.45, 7) is 0. The molecule has 11 rings (SSSR count). The number of rotatable bonds is 5. The molecule has 5 nitrogen and oxygen atoms in total. The van der Waals surface area contributed by atoms with Crippen molar-refractivity contribution >= 4 is 66.2 Å². The maximum absolute atomic E-state index is 6.68. The number of aromatic nitrogens is 1. The lowest BCUT2D eigenvalue weighted by Crippen LogP contribution is -2.33. The molecular formula is C49H32N4O. The SMILES string of the molecule is c1ccc(C2=NC(c3ccc(-c4ccccc4)cc3)=NC(c3cccc4oc5cc(-n6c7ccccc7c7cc8ccccc8cc76)ccc5c34)N2)cc1. The van der Waals surface area contributed by atoms with E-state index in [1.165, 1.54) is 32.6 Å². The van der Waals surface area contributed by atoms with Gasteiger partial charge in [0.15, 0.2) is 5.84 Å². The van der Waals surface area contributed by atoms with Crippen LogP contribution in [0.3, 0.4) is 0 Å². The molecule has 0 bridgehead atoms. The first-order valence-corrected chi connectivity index (χ1v) is 18.3. The average Bonchev–Trinajstić information content (AvgIpc) is 3.78. The van der Waals surface area contributed by atoms with Crippen LogP contribution in [-0.2, 0) is 0 Å². The number of hydrogen-bond acceptors (Lipinski definition) is 4. The third kappa shape index (κ3) is 4.94. The van der Waals surface area contributed by atoms with Crippen LogP contribution >= 0.6 is 0 Å². The first kappa shape index (κ1) is 30.4. The third-order valence-corrected chi connectivity index (χ3v) is 10.6. The van der Waals surface area contributed by atoms with Crippen molar-refractivity contribution in [3.8, 4) is 16.8 Å². The summed E-state index contributed by atoms with van der Waals surface area (Å²) >= 11 is 0. The molecule has 3 heterocycles. The van der Waals surface area contributed by atoms with Crippen LogP contribution in [0, 0.1) is 0 Å². The molecule has 8 aromatic carbocycles. The number of nitrogens with one attached hydrogen (secondary N) is 1. The molecule has 1 atom stereocenters. The minimum absolute atomic E-state index is 0.392. The molecule has 2 aromatic heterocycles. The van der Waals surface area contributed by atoms with Crippen molar-refractivity contribution in [2.45, 2.75) is 6.17 Å². The molecule has 0 aliphatic carbocycles. The molecule has 10 aromatic rings. The first-order chi connectivity index (χ1) is 26.7. The van der Waals surface area contributed by atoms with Crippen LogP contribution in [0.5, 0.6) is 0 Å². The fraction of sp³-hybridized carbons (Fsp3) is 0.0204. The van der Waals surface area contributed by atoms with Crippen LogP contribution in [0.2, 0.25) is 0 Å². The van der Waals surface area contributed by atoms with E-state index >= 15 is 0 Å². The minimum Gasteiger partial charge on any atom is -0.456 e. The zero-order chi connectivity index (χ0) is 35.6. The molecule has 1 aliphatic rings. The van der Waals surface area contributed by atoms with E-state index in [-0.39, 0.29) is 0 Å². The van der Waals surface area contributed by atoms with Gasteiger partial charge in [0.1, 0.15) is 23.2 Å². The normalized spacial score (nSPS) is 14.5. The van der Waals surface area contributed by atoms with Gasteiger partial charge in [-0.2, -0.15) is 0 Å². The fourth-order valence-electron chi connectivity index (χ4n) is 8.07. The molecule has 0 saturated carbocycles. The number of hydrogen-bond donors (Lipinski definition) is 1. The summed E-state index contributed by atoms with van der Waals surface area (Å²) in [6, 6.07) is 63.9. The van der Waals surface area contributed by atoms with E-state index < -0.39 is 6.17 Å². The van der Waals surface area contributed by atoms with Crippen molar-refractivity contribution in [1.82, 2.24) is 9.88 Å². The van der Waals surface area contributed by atoms with Crippen LogP contribution in [0.25, 0.3) is 71.3 Å². The Hall–Kier alpha value is -7.24. The molecule has 54 heavy (non-hydrogen) atoms. The minimum atomic E-state index is -0.392. The monoisotopic (exact) mass is 692 g/mol. The van der Waals surface area contributed by atoms with Crippen LogP contribution in [-0.4, -0.2) is 16.2 Å². The van der Waals surface area contributed by atoms with Gasteiger partial charge in [-0.05, 0) is 58.3 Å². The van der Waals surface area contributed by atoms with E-state index in [1.807, 2.05) is 30.3 Å². The third-order valence-electron chi connectivity index (χ3n) is 10.6. The summed E-state index contributed by atoms with van der Waals surface area (Å²) in [7, 11) is 0. The van der Waals surface area contributed by atoms with Gasteiger partial charge < -0.3 is 14.3 Å². The Morgan fingerprint density at radius 3 is 1.98 bits per heavy atom. The van der Waals surface area contributed by atoms with E-state index in [0.29, 0.717) is 5.84 Å². The second-order valence-corrected chi connectivity index (χ2v) is 13.8. The van der Waals surface area contributed by atoms with E-state index in [2.05, 4.69) is 162 Å². The second kappa shape index (κ2) is 12.2. The molecule has 1 aliphatic heterocycles. The largest absolute Gasteiger partial charge is 0.456 e. The standard InChI is InChI=1S/C49H32N4O/c1-3-12-31(13-4-1)32-22-24-34(25-23-32)48-50-47(33-14-5-2-6-15-33)51-49(52-48)40-19-11-21-44-46(40)39-27-26-37(30-45(39)54-44)53-42-20-10-9-18-38(42)41-28-35-16-7-8-17-36(35)29-43(41)53/h1-30,49H,(H,50,51,52). The van der Waals surface area contributed by atoms with Crippen LogP contribution in [0.1, 0.15) is 22.9 Å². The molecule has 0 amide bonds. The van der Waals surface area contributed by atoms with Gasteiger partial charge in [0, 0.05) is 50.0 Å². The predicted octanol–water partition coefficient (Wildman–Crippen LogP) is 12.0. The van der Waals surface area contributed by atoms with Crippen molar-refractivity contribution in [1.29, 1.82) is 0 Å². The molecule has 0 spiro atoms. The lowest BCUT2D eigenvalue weighted by Gasteiger charge is -2.24. The average molecular weight is 693 g/mol. The highest BCUT2D eigenvalue weighted by molar-refractivity contribution is 6.15. The van der Waals surface area contributed by atoms with Gasteiger partial charge in [-0.15, -0.1) is 0 Å². The topological polar surface area (TPSA) is 54.8 Å². The molecule has 1 N–H and O–H groups in total. The summed E-state index contributed by atoms with van der Waals surface area (Å²) in [5.41, 5.74) is 10.4. The highest BCUT2D eigenvalue weighted by atomic mass is 16.3. The van der Waals surface area contributed by atoms with Gasteiger partial charge in [0.25, 0.3) is 0 Å². The summed E-state index contributed by atoms with van der Waals surface area (Å²) < 4.78 is 9.03. The Kier molecular flexibility index (Phi) is 6.85. The van der Waals surface area contributed by atoms with Gasteiger partial charge in [-0.25, -0.2) is 9.98 Å². The molecule has 5 heteroatoms. The lowest BCUT2D eigenvalue weighted by molar-refractivity contribution is 0.662. The van der Waals surface area contributed by atoms with Crippen molar-refractivity contribution in [2.24, 2.45) is 9.98 Å². The molecule has 0 radical (unpaired) electrons. The number of amidine groups is 2. The van der Waals surface area contributed by atoms with Crippen molar-refractivity contribution in [3.63, 3.8) is 0 Å². The Morgan fingerprint density at radius 1 is 0.481 bits per heavy atom. The Labute approximate surface area is 311 Å². The zero-order valence-corrected chi connectivity index (χ0v) is 29.1. The Bertz CT molecular complexity index is 3120. The van der Waals surface area contributed by atoms with Gasteiger partial charge in [-0.1, -0.05) is 140 Å². The number of para-hydroxylation sites is 1. The molecule has 1 unspecified atom stereocenters. The number of aliphatic imine (C=N–C) groups is 2. The van der Waals surface area contributed by atoms with E-state index in [4.69, 9.17) is 14.4 Å². The number of benzene rings is 8. The first-order valence-electron chi connectivity index (χ1n) is 18.3. The number of furan rings is 1. The fourth-order valence-corrected chi connectivity index (χ4v) is 8.07. The van der Waals surface area contributed by atoms with Gasteiger partial charge in [0.05, 0.1) is 11.0 Å². The maximum atomic E-state index is 6.68. The van der Waals surface area contributed by atoms with Gasteiger partial charge in [-0.3, -0.25) is 0 Å². The lowest BCUT2D eigenvalue weighted by atomic mass is 10.0. The van der Waals surface area contributed by atoms with E-state index in [9.17, 15) is 0 Å². The van der Waals surface area contributed by atoms with Crippen molar-refractivity contribution in [2.75, 3.05) is 0 Å². The summed E-state index contributed by atoms with van der Waals surface area (Å²) in [5, 5.41) is 10.7. The summed E-state index contributed by atoms with van der Waals surface area (Å²) in [5.74, 6) is 1.46. The van der Waals surface area contributed by atoms with Gasteiger partial charge in [0.2, 0.25) is 0 Å². The Morgan fingerprint density at radius 2 is 1.17 bits per heavy atom.